The molecule has 0 amide bonds. The van der Waals surface area contributed by atoms with E-state index < -0.39 is 4.92 Å². The summed E-state index contributed by atoms with van der Waals surface area (Å²) < 4.78 is 1.58. The topological polar surface area (TPSA) is 111 Å². The van der Waals surface area contributed by atoms with Crippen LogP contribution < -0.4 is 5.73 Å². The quantitative estimate of drug-likeness (QED) is 0.496. The zero-order chi connectivity index (χ0) is 13.1. The molecule has 0 spiro atoms. The molecule has 7 nitrogen and oxygen atoms in total. The Kier molecular flexibility index (Phi) is 2.93. The van der Waals surface area contributed by atoms with E-state index in [1.807, 2.05) is 6.07 Å². The van der Waals surface area contributed by atoms with Crippen molar-refractivity contribution >= 4 is 11.4 Å². The molecule has 1 aromatic heterocycles. The molecule has 2 aromatic rings. The second-order valence-electron chi connectivity index (χ2n) is 3.63. The number of aromatic nitrogens is 2. The number of non-ortho nitro benzene ring substituents is 1. The van der Waals surface area contributed by atoms with Crippen molar-refractivity contribution in [1.29, 1.82) is 5.26 Å². The Bertz CT molecular complexity index is 641. The molecule has 0 bridgehead atoms. The summed E-state index contributed by atoms with van der Waals surface area (Å²) in [6.45, 7) is 0.274. The molecule has 0 fully saturated rings. The van der Waals surface area contributed by atoms with E-state index in [1.165, 1.54) is 24.4 Å². The van der Waals surface area contributed by atoms with Crippen molar-refractivity contribution in [1.82, 2.24) is 9.55 Å². The summed E-state index contributed by atoms with van der Waals surface area (Å²) in [5.74, 6) is 0.237. The maximum absolute atomic E-state index is 10.7. The van der Waals surface area contributed by atoms with Crippen molar-refractivity contribution in [2.75, 3.05) is 5.73 Å². The maximum atomic E-state index is 10.7. The predicted molar refractivity (Wildman–Crippen MR) is 63.6 cm³/mol. The van der Waals surface area contributed by atoms with Crippen molar-refractivity contribution in [3.63, 3.8) is 0 Å². The second-order valence-corrected chi connectivity index (χ2v) is 3.63. The number of nitrogens with zero attached hydrogens (tertiary/aromatic N) is 4. The molecule has 90 valence electrons. The van der Waals surface area contributed by atoms with Gasteiger partial charge >= 0.3 is 0 Å². The van der Waals surface area contributed by atoms with Crippen LogP contribution in [0.15, 0.2) is 30.6 Å². The maximum Gasteiger partial charge on any atom is 0.269 e. The first-order chi connectivity index (χ1) is 8.61. The number of nitriles is 1. The van der Waals surface area contributed by atoms with Crippen molar-refractivity contribution in [2.45, 2.75) is 6.54 Å². The van der Waals surface area contributed by atoms with E-state index in [-0.39, 0.29) is 18.1 Å². The summed E-state index contributed by atoms with van der Waals surface area (Å²) in [6.07, 6.45) is 3.11. The summed E-state index contributed by atoms with van der Waals surface area (Å²) in [5.41, 5.74) is 6.75. The molecule has 2 N–H and O–H groups in total. The molecule has 0 aliphatic carbocycles. The van der Waals surface area contributed by atoms with Gasteiger partial charge in [0.25, 0.3) is 5.69 Å². The summed E-state index contributed by atoms with van der Waals surface area (Å²) in [5, 5.41) is 19.5. The van der Waals surface area contributed by atoms with Crippen LogP contribution in [0.1, 0.15) is 11.4 Å². The molecule has 2 rings (SSSR count). The third-order valence-electron chi connectivity index (χ3n) is 2.49. The highest BCUT2D eigenvalue weighted by Gasteiger charge is 2.11. The van der Waals surface area contributed by atoms with Gasteiger partial charge in [-0.05, 0) is 6.07 Å². The van der Waals surface area contributed by atoms with Crippen molar-refractivity contribution in [3.05, 3.63) is 52.1 Å². The molecule has 0 unspecified atom stereocenters. The largest absolute Gasteiger partial charge is 0.398 e. The minimum absolute atomic E-state index is 0.0298. The number of hydrogen-bond donors (Lipinski definition) is 1. The third kappa shape index (κ3) is 2.12. The van der Waals surface area contributed by atoms with Crippen LogP contribution in [-0.2, 0) is 6.54 Å². The first kappa shape index (κ1) is 11.6. The van der Waals surface area contributed by atoms with Gasteiger partial charge in [0.05, 0.1) is 11.5 Å². The van der Waals surface area contributed by atoms with E-state index in [0.29, 0.717) is 11.3 Å². The van der Waals surface area contributed by atoms with Crippen LogP contribution in [-0.4, -0.2) is 14.5 Å². The van der Waals surface area contributed by atoms with Gasteiger partial charge in [-0.1, -0.05) is 0 Å². The molecule has 18 heavy (non-hydrogen) atoms. The van der Waals surface area contributed by atoms with Gasteiger partial charge in [0.15, 0.2) is 0 Å². The van der Waals surface area contributed by atoms with Gasteiger partial charge in [-0.3, -0.25) is 10.1 Å². The van der Waals surface area contributed by atoms with Gasteiger partial charge in [-0.15, -0.1) is 0 Å². The number of nitro groups is 1. The summed E-state index contributed by atoms with van der Waals surface area (Å²) >= 11 is 0. The average Bonchev–Trinajstić information content (AvgIpc) is 2.79. The molecule has 0 saturated heterocycles. The lowest BCUT2D eigenvalue weighted by atomic mass is 10.1. The van der Waals surface area contributed by atoms with Gasteiger partial charge in [0.1, 0.15) is 6.07 Å². The number of benzene rings is 1. The summed E-state index contributed by atoms with van der Waals surface area (Å²) in [4.78, 5) is 14.0. The number of rotatable bonds is 3. The van der Waals surface area contributed by atoms with Crippen molar-refractivity contribution in [3.8, 4) is 6.07 Å². The van der Waals surface area contributed by atoms with Gasteiger partial charge in [-0.2, -0.15) is 5.26 Å². The Morgan fingerprint density at radius 1 is 1.56 bits per heavy atom. The van der Waals surface area contributed by atoms with Crippen molar-refractivity contribution < 1.29 is 4.92 Å². The van der Waals surface area contributed by atoms with E-state index in [2.05, 4.69) is 4.98 Å². The Morgan fingerprint density at radius 2 is 2.33 bits per heavy atom. The lowest BCUT2D eigenvalue weighted by molar-refractivity contribution is -0.384. The fourth-order valence-corrected chi connectivity index (χ4v) is 1.58. The molecule has 0 atom stereocenters. The Balaban J connectivity index is 2.37. The number of nitrogens with two attached hydrogens (primary N) is 1. The number of nitro benzene ring substituents is 1. The van der Waals surface area contributed by atoms with Crippen LogP contribution in [0.25, 0.3) is 0 Å². The Hall–Kier alpha value is -2.88. The van der Waals surface area contributed by atoms with Crippen LogP contribution in [0.4, 0.5) is 11.4 Å². The highest BCUT2D eigenvalue weighted by atomic mass is 16.6. The molecule has 1 aromatic carbocycles. The molecule has 0 saturated carbocycles. The SMILES string of the molecule is N#Cc1nccn1Cc1cc([N+](=O)[O-])ccc1N. The van der Waals surface area contributed by atoms with E-state index in [9.17, 15) is 10.1 Å². The highest BCUT2D eigenvalue weighted by molar-refractivity contribution is 5.52. The highest BCUT2D eigenvalue weighted by Crippen LogP contribution is 2.20. The average molecular weight is 243 g/mol. The molecule has 7 heteroatoms. The standard InChI is InChI=1S/C11H9N5O2/c12-6-11-14-3-4-15(11)7-8-5-9(16(17)18)1-2-10(8)13/h1-5H,7,13H2. The van der Waals surface area contributed by atoms with Crippen LogP contribution in [0.2, 0.25) is 0 Å². The number of anilines is 1. The Morgan fingerprint density at radius 3 is 3.00 bits per heavy atom. The first-order valence-corrected chi connectivity index (χ1v) is 5.06. The molecule has 0 aliphatic heterocycles. The van der Waals surface area contributed by atoms with E-state index in [4.69, 9.17) is 11.0 Å². The normalized spacial score (nSPS) is 9.94. The number of imidazole rings is 1. The first-order valence-electron chi connectivity index (χ1n) is 5.06. The summed E-state index contributed by atoms with van der Waals surface area (Å²) in [7, 11) is 0. The summed E-state index contributed by atoms with van der Waals surface area (Å²) in [6, 6.07) is 6.16. The van der Waals surface area contributed by atoms with Gasteiger partial charge in [0, 0.05) is 35.8 Å². The van der Waals surface area contributed by atoms with Crippen LogP contribution in [0, 0.1) is 21.4 Å². The van der Waals surface area contributed by atoms with Gasteiger partial charge < -0.3 is 10.3 Å². The van der Waals surface area contributed by atoms with E-state index in [1.54, 1.807) is 10.8 Å². The molecule has 0 aliphatic rings. The van der Waals surface area contributed by atoms with Crippen LogP contribution in [0.5, 0.6) is 0 Å². The minimum Gasteiger partial charge on any atom is -0.398 e. The van der Waals surface area contributed by atoms with Crippen molar-refractivity contribution in [2.24, 2.45) is 0 Å². The Labute approximate surface area is 102 Å². The predicted octanol–water partition coefficient (Wildman–Crippen LogP) is 1.29. The molecule has 1 heterocycles. The molecule has 0 radical (unpaired) electrons. The van der Waals surface area contributed by atoms with Gasteiger partial charge in [-0.25, -0.2) is 4.98 Å². The number of hydrogen-bond acceptors (Lipinski definition) is 5. The molecular formula is C11H9N5O2. The monoisotopic (exact) mass is 243 g/mol. The van der Waals surface area contributed by atoms with E-state index in [0.717, 1.165) is 0 Å². The lowest BCUT2D eigenvalue weighted by Crippen LogP contribution is -2.05. The fraction of sp³-hybridized carbons (Fsp3) is 0.0909. The minimum atomic E-state index is -0.484. The fourth-order valence-electron chi connectivity index (χ4n) is 1.58. The zero-order valence-electron chi connectivity index (χ0n) is 9.28. The van der Waals surface area contributed by atoms with E-state index >= 15 is 0 Å². The number of nitrogen functional groups attached to an aromatic ring is 1. The molecular weight excluding hydrogens is 234 g/mol. The van der Waals surface area contributed by atoms with Crippen LogP contribution in [0.3, 0.4) is 0 Å². The smallest absolute Gasteiger partial charge is 0.269 e. The van der Waals surface area contributed by atoms with Gasteiger partial charge in [0.2, 0.25) is 5.82 Å². The third-order valence-corrected chi connectivity index (χ3v) is 2.49. The second kappa shape index (κ2) is 4.55. The zero-order valence-corrected chi connectivity index (χ0v) is 9.28. The lowest BCUT2D eigenvalue weighted by Gasteiger charge is -2.07. The van der Waals surface area contributed by atoms with Crippen LogP contribution >= 0.6 is 0 Å².